The van der Waals surface area contributed by atoms with Gasteiger partial charge in [-0.25, -0.2) is 0 Å². The molecule has 0 fully saturated rings. The summed E-state index contributed by atoms with van der Waals surface area (Å²) in [6.07, 6.45) is 2.89. The monoisotopic (exact) mass is 179 g/mol. The highest BCUT2D eigenvalue weighted by Crippen LogP contribution is 2.29. The first-order valence-corrected chi connectivity index (χ1v) is 4.64. The second kappa shape index (κ2) is 3.24. The van der Waals surface area contributed by atoms with Crippen LogP contribution in [-0.4, -0.2) is 17.1 Å². The van der Waals surface area contributed by atoms with Crippen molar-refractivity contribution in [3.8, 4) is 0 Å². The van der Waals surface area contributed by atoms with Gasteiger partial charge < -0.3 is 9.30 Å². The zero-order valence-corrected chi connectivity index (χ0v) is 7.69. The van der Waals surface area contributed by atoms with E-state index < -0.39 is 0 Å². The van der Waals surface area contributed by atoms with E-state index in [1.165, 1.54) is 0 Å². The molecule has 13 heavy (non-hydrogen) atoms. The molecule has 0 aliphatic carbocycles. The van der Waals surface area contributed by atoms with Gasteiger partial charge in [-0.3, -0.25) is 4.79 Å². The lowest BCUT2D eigenvalue weighted by molar-refractivity contribution is -0.144. The summed E-state index contributed by atoms with van der Waals surface area (Å²) in [6.45, 7) is 3.24. The van der Waals surface area contributed by atoms with E-state index in [1.807, 2.05) is 25.3 Å². The Bertz CT molecular complexity index is 316. The largest absolute Gasteiger partial charge is 0.465 e. The molecule has 0 aromatic carbocycles. The molecule has 1 aromatic rings. The van der Waals surface area contributed by atoms with Crippen LogP contribution >= 0.6 is 0 Å². The molecule has 3 heteroatoms. The van der Waals surface area contributed by atoms with Crippen LogP contribution in [0.25, 0.3) is 0 Å². The fourth-order valence-corrected chi connectivity index (χ4v) is 1.84. The number of esters is 1. The number of nitrogens with zero attached hydrogens (tertiary/aromatic N) is 1. The topological polar surface area (TPSA) is 31.2 Å². The third-order valence-electron chi connectivity index (χ3n) is 2.45. The molecule has 1 atom stereocenters. The molecule has 0 saturated carbocycles. The standard InChI is InChI=1S/C10H13NO2/c1-2-13-10(12)8-5-7-11-6-3-4-9(8)11/h3-4,6,8H,2,5,7H2,1H3/t8-/m0/s1. The number of ether oxygens (including phenoxy) is 1. The van der Waals surface area contributed by atoms with Crippen molar-refractivity contribution >= 4 is 5.97 Å². The molecular formula is C10H13NO2. The van der Waals surface area contributed by atoms with Crippen molar-refractivity contribution < 1.29 is 9.53 Å². The molecule has 0 N–H and O–H groups in total. The van der Waals surface area contributed by atoms with Gasteiger partial charge in [-0.1, -0.05) is 0 Å². The van der Waals surface area contributed by atoms with Gasteiger partial charge in [0.2, 0.25) is 0 Å². The summed E-state index contributed by atoms with van der Waals surface area (Å²) in [4.78, 5) is 11.5. The first-order valence-electron chi connectivity index (χ1n) is 4.64. The van der Waals surface area contributed by atoms with Crippen molar-refractivity contribution in [2.45, 2.75) is 25.8 Å². The van der Waals surface area contributed by atoms with Crippen LogP contribution in [0.15, 0.2) is 18.3 Å². The summed E-state index contributed by atoms with van der Waals surface area (Å²) in [5.41, 5.74) is 1.10. The van der Waals surface area contributed by atoms with Crippen molar-refractivity contribution in [1.29, 1.82) is 0 Å². The van der Waals surface area contributed by atoms with E-state index >= 15 is 0 Å². The molecule has 0 spiro atoms. The Morgan fingerprint density at radius 2 is 2.62 bits per heavy atom. The third kappa shape index (κ3) is 1.34. The van der Waals surface area contributed by atoms with Crippen molar-refractivity contribution in [2.24, 2.45) is 0 Å². The Labute approximate surface area is 77.3 Å². The smallest absolute Gasteiger partial charge is 0.315 e. The van der Waals surface area contributed by atoms with Gasteiger partial charge in [-0.2, -0.15) is 0 Å². The molecule has 0 amide bonds. The third-order valence-corrected chi connectivity index (χ3v) is 2.45. The average Bonchev–Trinajstić information content (AvgIpc) is 2.62. The summed E-state index contributed by atoms with van der Waals surface area (Å²) in [7, 11) is 0. The molecule has 0 bridgehead atoms. The Balaban J connectivity index is 2.16. The Morgan fingerprint density at radius 1 is 1.77 bits per heavy atom. The molecule has 1 aliphatic rings. The second-order valence-electron chi connectivity index (χ2n) is 3.22. The lowest BCUT2D eigenvalue weighted by atomic mass is 10.1. The first kappa shape index (κ1) is 8.35. The fourth-order valence-electron chi connectivity index (χ4n) is 1.84. The highest BCUT2D eigenvalue weighted by atomic mass is 16.5. The van der Waals surface area contributed by atoms with Crippen LogP contribution in [0.1, 0.15) is 25.0 Å². The van der Waals surface area contributed by atoms with E-state index in [0.717, 1.165) is 18.7 Å². The Morgan fingerprint density at radius 3 is 3.38 bits per heavy atom. The van der Waals surface area contributed by atoms with Crippen molar-refractivity contribution in [3.05, 3.63) is 24.0 Å². The molecule has 1 aromatic heterocycles. The predicted molar refractivity (Wildman–Crippen MR) is 48.4 cm³/mol. The summed E-state index contributed by atoms with van der Waals surface area (Å²) >= 11 is 0. The highest BCUT2D eigenvalue weighted by molar-refractivity contribution is 5.78. The lowest BCUT2D eigenvalue weighted by Crippen LogP contribution is -2.13. The van der Waals surface area contributed by atoms with Crippen LogP contribution in [0, 0.1) is 0 Å². The molecule has 3 nitrogen and oxygen atoms in total. The van der Waals surface area contributed by atoms with Crippen molar-refractivity contribution in [1.82, 2.24) is 4.57 Å². The first-order chi connectivity index (χ1) is 6.33. The number of carbonyl (C=O) groups excluding carboxylic acids is 1. The zero-order valence-electron chi connectivity index (χ0n) is 7.69. The fraction of sp³-hybridized carbons (Fsp3) is 0.500. The molecule has 2 heterocycles. The molecular weight excluding hydrogens is 166 g/mol. The molecule has 70 valence electrons. The van der Waals surface area contributed by atoms with E-state index in [4.69, 9.17) is 4.74 Å². The number of fused-ring (bicyclic) bond motifs is 1. The minimum atomic E-state index is -0.0834. The SMILES string of the molecule is CCOC(=O)[C@H]1CCn2cccc21. The van der Waals surface area contributed by atoms with Gasteiger partial charge in [0.05, 0.1) is 12.5 Å². The predicted octanol–water partition coefficient (Wildman–Crippen LogP) is 1.54. The number of rotatable bonds is 2. The number of hydrogen-bond donors (Lipinski definition) is 0. The maximum atomic E-state index is 11.5. The van der Waals surface area contributed by atoms with Gasteiger partial charge in [0.25, 0.3) is 0 Å². The molecule has 0 saturated heterocycles. The summed E-state index contributed by atoms with van der Waals surface area (Å²) in [6, 6.07) is 3.97. The zero-order chi connectivity index (χ0) is 9.26. The minimum absolute atomic E-state index is 0.0325. The molecule has 2 rings (SSSR count). The van der Waals surface area contributed by atoms with E-state index in [2.05, 4.69) is 4.57 Å². The molecule has 1 aliphatic heterocycles. The Kier molecular flexibility index (Phi) is 2.08. The molecule has 0 unspecified atom stereocenters. The van der Waals surface area contributed by atoms with E-state index in [-0.39, 0.29) is 11.9 Å². The van der Waals surface area contributed by atoms with Gasteiger partial charge in [-0.15, -0.1) is 0 Å². The van der Waals surface area contributed by atoms with Crippen molar-refractivity contribution in [3.63, 3.8) is 0 Å². The van der Waals surface area contributed by atoms with Crippen LogP contribution in [-0.2, 0) is 16.1 Å². The number of carbonyl (C=O) groups is 1. The van der Waals surface area contributed by atoms with Crippen LogP contribution in [0.2, 0.25) is 0 Å². The summed E-state index contributed by atoms with van der Waals surface area (Å²) in [5.74, 6) is -0.116. The van der Waals surface area contributed by atoms with E-state index in [9.17, 15) is 4.79 Å². The van der Waals surface area contributed by atoms with Crippen LogP contribution in [0.5, 0.6) is 0 Å². The van der Waals surface area contributed by atoms with Gasteiger partial charge in [0.1, 0.15) is 0 Å². The van der Waals surface area contributed by atoms with E-state index in [0.29, 0.717) is 6.61 Å². The van der Waals surface area contributed by atoms with Crippen molar-refractivity contribution in [2.75, 3.05) is 6.61 Å². The number of hydrogen-bond acceptors (Lipinski definition) is 2. The average molecular weight is 179 g/mol. The number of aryl methyl sites for hydroxylation is 1. The molecule has 0 radical (unpaired) electrons. The van der Waals surface area contributed by atoms with Crippen LogP contribution < -0.4 is 0 Å². The normalized spacial score (nSPS) is 19.9. The Hall–Kier alpha value is -1.25. The van der Waals surface area contributed by atoms with E-state index in [1.54, 1.807) is 0 Å². The highest BCUT2D eigenvalue weighted by Gasteiger charge is 2.29. The van der Waals surface area contributed by atoms with Gasteiger partial charge >= 0.3 is 5.97 Å². The second-order valence-corrected chi connectivity index (χ2v) is 3.22. The van der Waals surface area contributed by atoms with Crippen LogP contribution in [0.4, 0.5) is 0 Å². The quantitative estimate of drug-likeness (QED) is 0.645. The van der Waals surface area contributed by atoms with Gasteiger partial charge in [0.15, 0.2) is 0 Å². The van der Waals surface area contributed by atoms with Crippen LogP contribution in [0.3, 0.4) is 0 Å². The maximum absolute atomic E-state index is 11.5. The summed E-state index contributed by atoms with van der Waals surface area (Å²) in [5, 5.41) is 0. The minimum Gasteiger partial charge on any atom is -0.465 e. The number of aromatic nitrogens is 1. The summed E-state index contributed by atoms with van der Waals surface area (Å²) < 4.78 is 7.11. The van der Waals surface area contributed by atoms with Gasteiger partial charge in [-0.05, 0) is 25.5 Å². The lowest BCUT2D eigenvalue weighted by Gasteiger charge is -2.07. The van der Waals surface area contributed by atoms with Gasteiger partial charge in [0, 0.05) is 18.4 Å². The maximum Gasteiger partial charge on any atom is 0.315 e.